The lowest BCUT2D eigenvalue weighted by Gasteiger charge is -2.32. The molecule has 0 saturated carbocycles. The second kappa shape index (κ2) is 10.5. The average molecular weight is 471 g/mol. The first kappa shape index (κ1) is 28.3. The topological polar surface area (TPSA) is 99.1 Å². The Kier molecular flexibility index (Phi) is 9.30. The number of esters is 1. The summed E-state index contributed by atoms with van der Waals surface area (Å²) in [5.74, 6) is -2.49. The summed E-state index contributed by atoms with van der Waals surface area (Å²) in [4.78, 5) is 23.7. The number of carboxylic acid groups (broad SMARTS) is 1. The number of aliphatic carboxylic acids is 1. The van der Waals surface area contributed by atoms with Gasteiger partial charge in [-0.15, -0.1) is 0 Å². The second-order valence-corrected chi connectivity index (χ2v) is 12.9. The van der Waals surface area contributed by atoms with Gasteiger partial charge >= 0.3 is 19.5 Å². The number of benzene rings is 1. The maximum absolute atomic E-state index is 13.4. The summed E-state index contributed by atoms with van der Waals surface area (Å²) in [6.07, 6.45) is 0.0774. The quantitative estimate of drug-likeness (QED) is 0.350. The molecule has 0 aliphatic rings. The van der Waals surface area contributed by atoms with E-state index in [4.69, 9.17) is 13.8 Å². The highest BCUT2D eigenvalue weighted by molar-refractivity contribution is 7.53. The molecule has 1 atom stereocenters. The Labute approximate surface area is 192 Å². The molecule has 0 spiro atoms. The molecule has 8 heteroatoms. The lowest BCUT2D eigenvalue weighted by molar-refractivity contribution is -0.159. The molecule has 1 aromatic rings. The number of carbonyl (C=O) groups excluding carboxylic acids is 1. The van der Waals surface area contributed by atoms with Gasteiger partial charge in [0.15, 0.2) is 0 Å². The van der Waals surface area contributed by atoms with Crippen LogP contribution in [0, 0.1) is 5.92 Å². The highest BCUT2D eigenvalue weighted by atomic mass is 31.2. The predicted octanol–water partition coefficient (Wildman–Crippen LogP) is 5.99. The summed E-state index contributed by atoms with van der Waals surface area (Å²) in [6, 6.07) is 7.12. The molecular weight excluding hydrogens is 431 g/mol. The van der Waals surface area contributed by atoms with Crippen LogP contribution in [0.3, 0.4) is 0 Å². The van der Waals surface area contributed by atoms with Gasteiger partial charge in [-0.25, -0.2) is 0 Å². The summed E-state index contributed by atoms with van der Waals surface area (Å²) >= 11 is 0. The van der Waals surface area contributed by atoms with Crippen LogP contribution < -0.4 is 0 Å². The zero-order valence-corrected chi connectivity index (χ0v) is 21.7. The van der Waals surface area contributed by atoms with E-state index in [2.05, 4.69) is 0 Å². The van der Waals surface area contributed by atoms with E-state index in [1.165, 1.54) is 0 Å². The van der Waals surface area contributed by atoms with Gasteiger partial charge < -0.3 is 18.9 Å². The lowest BCUT2D eigenvalue weighted by atomic mass is 9.95. The Morgan fingerprint density at radius 1 is 0.844 bits per heavy atom. The molecule has 0 aliphatic heterocycles. The molecule has 0 fully saturated rings. The summed E-state index contributed by atoms with van der Waals surface area (Å²) in [5.41, 5.74) is -0.439. The largest absolute Gasteiger partial charge is 0.481 e. The van der Waals surface area contributed by atoms with E-state index in [1.54, 1.807) is 45.0 Å². The van der Waals surface area contributed by atoms with Crippen molar-refractivity contribution in [1.82, 2.24) is 0 Å². The van der Waals surface area contributed by atoms with E-state index in [0.717, 1.165) is 11.1 Å². The first-order valence-electron chi connectivity index (χ1n) is 10.8. The minimum atomic E-state index is -3.44. The molecule has 182 valence electrons. The molecule has 1 rings (SSSR count). The van der Waals surface area contributed by atoms with E-state index in [-0.39, 0.29) is 19.0 Å². The molecule has 0 heterocycles. The second-order valence-electron chi connectivity index (χ2n) is 11.0. The molecular formula is C24H39O7P. The number of carboxylic acids is 1. The summed E-state index contributed by atoms with van der Waals surface area (Å²) < 4.78 is 30.3. The van der Waals surface area contributed by atoms with Crippen LogP contribution in [-0.4, -0.2) is 33.8 Å². The minimum Gasteiger partial charge on any atom is -0.481 e. The normalized spacial score (nSPS) is 14.2. The maximum atomic E-state index is 13.4. The van der Waals surface area contributed by atoms with Crippen molar-refractivity contribution in [3.8, 4) is 0 Å². The third kappa shape index (κ3) is 11.8. The van der Waals surface area contributed by atoms with Crippen molar-refractivity contribution < 1.29 is 33.0 Å². The van der Waals surface area contributed by atoms with Crippen LogP contribution in [0.5, 0.6) is 0 Å². The molecule has 0 bridgehead atoms. The van der Waals surface area contributed by atoms with Gasteiger partial charge in [0.25, 0.3) is 0 Å². The van der Waals surface area contributed by atoms with E-state index in [1.807, 2.05) is 41.5 Å². The molecule has 1 N–H and O–H groups in total. The van der Waals surface area contributed by atoms with E-state index in [9.17, 15) is 19.3 Å². The highest BCUT2D eigenvalue weighted by Gasteiger charge is 2.35. The van der Waals surface area contributed by atoms with Gasteiger partial charge in [-0.3, -0.25) is 14.2 Å². The number of hydrogen-bond donors (Lipinski definition) is 1. The smallest absolute Gasteiger partial charge is 0.336 e. The van der Waals surface area contributed by atoms with Crippen molar-refractivity contribution in [1.29, 1.82) is 0 Å². The van der Waals surface area contributed by atoms with E-state index < -0.39 is 42.3 Å². The molecule has 0 saturated heterocycles. The van der Waals surface area contributed by atoms with Crippen LogP contribution >= 0.6 is 7.60 Å². The number of ether oxygens (including phenoxy) is 1. The van der Waals surface area contributed by atoms with Crippen molar-refractivity contribution in [2.24, 2.45) is 5.92 Å². The van der Waals surface area contributed by atoms with Gasteiger partial charge in [-0.05, 0) is 79.9 Å². The van der Waals surface area contributed by atoms with E-state index in [0.29, 0.717) is 0 Å². The van der Waals surface area contributed by atoms with Crippen molar-refractivity contribution in [3.05, 3.63) is 35.4 Å². The van der Waals surface area contributed by atoms with Crippen LogP contribution in [0.1, 0.15) is 79.9 Å². The number of carbonyl (C=O) groups is 2. The minimum absolute atomic E-state index is 0.0993. The Hall–Kier alpha value is -1.69. The molecule has 0 radical (unpaired) electrons. The van der Waals surface area contributed by atoms with Gasteiger partial charge in [-0.1, -0.05) is 24.3 Å². The Balaban J connectivity index is 2.94. The van der Waals surface area contributed by atoms with Crippen LogP contribution in [0.4, 0.5) is 0 Å². The monoisotopic (exact) mass is 470 g/mol. The van der Waals surface area contributed by atoms with Crippen LogP contribution in [0.25, 0.3) is 0 Å². The summed E-state index contributed by atoms with van der Waals surface area (Å²) in [5, 5.41) is 9.53. The van der Waals surface area contributed by atoms with Gasteiger partial charge in [-0.2, -0.15) is 0 Å². The van der Waals surface area contributed by atoms with E-state index >= 15 is 0 Å². The zero-order valence-electron chi connectivity index (χ0n) is 20.9. The summed E-state index contributed by atoms with van der Waals surface area (Å²) in [7, 11) is -3.44. The lowest BCUT2D eigenvalue weighted by Crippen LogP contribution is -2.28. The van der Waals surface area contributed by atoms with Crippen molar-refractivity contribution >= 4 is 19.5 Å². The fraction of sp³-hybridized carbons (Fsp3) is 0.667. The third-order valence-corrected chi connectivity index (χ3v) is 6.29. The fourth-order valence-electron chi connectivity index (χ4n) is 3.04. The average Bonchev–Trinajstić information content (AvgIpc) is 2.50. The first-order chi connectivity index (χ1) is 14.3. The molecule has 0 aliphatic carbocycles. The first-order valence-corrected chi connectivity index (χ1v) is 12.5. The molecule has 0 unspecified atom stereocenters. The van der Waals surface area contributed by atoms with Gasteiger partial charge in [0, 0.05) is 0 Å². The Bertz CT molecular complexity index is 804. The molecule has 32 heavy (non-hydrogen) atoms. The Morgan fingerprint density at radius 3 is 1.66 bits per heavy atom. The number of hydrogen-bond acceptors (Lipinski definition) is 6. The van der Waals surface area contributed by atoms with Crippen LogP contribution in [0.2, 0.25) is 0 Å². The van der Waals surface area contributed by atoms with Crippen molar-refractivity contribution in [2.75, 3.05) is 0 Å². The zero-order chi connectivity index (χ0) is 25.0. The van der Waals surface area contributed by atoms with Crippen molar-refractivity contribution in [2.45, 2.75) is 98.1 Å². The van der Waals surface area contributed by atoms with Gasteiger partial charge in [0.05, 0.1) is 29.7 Å². The fourth-order valence-corrected chi connectivity index (χ4v) is 5.53. The SMILES string of the molecule is CC(C)(C)OC(=O)C[C@@H](Cc1ccc(CP(=O)(OC(C)(C)C)OC(C)(C)C)cc1)C(=O)O. The molecule has 0 amide bonds. The predicted molar refractivity (Wildman–Crippen MR) is 125 cm³/mol. The highest BCUT2D eigenvalue weighted by Crippen LogP contribution is 2.56. The summed E-state index contributed by atoms with van der Waals surface area (Å²) in [6.45, 7) is 16.2. The van der Waals surface area contributed by atoms with Gasteiger partial charge in [0.2, 0.25) is 0 Å². The maximum Gasteiger partial charge on any atom is 0.336 e. The van der Waals surface area contributed by atoms with Crippen LogP contribution in [-0.2, 0) is 40.5 Å². The number of rotatable bonds is 9. The Morgan fingerprint density at radius 2 is 1.28 bits per heavy atom. The van der Waals surface area contributed by atoms with Gasteiger partial charge in [0.1, 0.15) is 5.60 Å². The third-order valence-electron chi connectivity index (χ3n) is 3.89. The molecule has 7 nitrogen and oxygen atoms in total. The molecule has 1 aromatic carbocycles. The van der Waals surface area contributed by atoms with Crippen molar-refractivity contribution in [3.63, 3.8) is 0 Å². The van der Waals surface area contributed by atoms with Crippen LogP contribution in [0.15, 0.2) is 24.3 Å². The standard InChI is InChI=1S/C24H39O7P/c1-22(2,3)29-20(25)15-19(21(26)27)14-17-10-12-18(13-11-17)16-32(28,30-23(4,5)6)31-24(7,8)9/h10-13,19H,14-16H2,1-9H3,(H,26,27)/t19-/m1/s1. The molecule has 0 aromatic heterocycles.